The van der Waals surface area contributed by atoms with Crippen molar-refractivity contribution >= 4 is 11.6 Å². The molecule has 3 nitrogen and oxygen atoms in total. The zero-order valence-corrected chi connectivity index (χ0v) is 11.5. The van der Waals surface area contributed by atoms with Gasteiger partial charge in [-0.2, -0.15) is 0 Å². The van der Waals surface area contributed by atoms with E-state index in [2.05, 4.69) is 18.3 Å². The van der Waals surface area contributed by atoms with E-state index >= 15 is 0 Å². The van der Waals surface area contributed by atoms with Crippen LogP contribution >= 0.6 is 11.6 Å². The maximum atomic E-state index is 6.23. The van der Waals surface area contributed by atoms with Crippen molar-refractivity contribution in [2.45, 2.75) is 32.4 Å². The number of hydrogen-bond donors (Lipinski definition) is 1. The van der Waals surface area contributed by atoms with Gasteiger partial charge in [0.2, 0.25) is 0 Å². The monoisotopic (exact) mass is 269 g/mol. The highest BCUT2D eigenvalue weighted by molar-refractivity contribution is 6.32. The van der Waals surface area contributed by atoms with E-state index in [1.807, 2.05) is 12.1 Å². The second-order valence-electron chi connectivity index (χ2n) is 4.51. The Bertz CT molecular complexity index is 378. The molecule has 0 aliphatic carbocycles. The fourth-order valence-corrected chi connectivity index (χ4v) is 2.24. The molecular weight excluding hydrogens is 250 g/mol. The van der Waals surface area contributed by atoms with Gasteiger partial charge in [0.05, 0.1) is 18.2 Å². The summed E-state index contributed by atoms with van der Waals surface area (Å²) in [5.41, 5.74) is 1.11. The van der Waals surface area contributed by atoms with Gasteiger partial charge in [0.15, 0.2) is 0 Å². The van der Waals surface area contributed by atoms with Gasteiger partial charge in [-0.25, -0.2) is 0 Å². The Morgan fingerprint density at radius 2 is 2.39 bits per heavy atom. The molecule has 1 fully saturated rings. The first kappa shape index (κ1) is 13.7. The molecule has 0 amide bonds. The van der Waals surface area contributed by atoms with E-state index in [9.17, 15) is 0 Å². The summed E-state index contributed by atoms with van der Waals surface area (Å²) >= 11 is 6.23. The van der Waals surface area contributed by atoms with Crippen LogP contribution in [0.2, 0.25) is 5.02 Å². The van der Waals surface area contributed by atoms with Crippen molar-refractivity contribution in [1.29, 1.82) is 0 Å². The standard InChI is InChI=1S/C14H20ClNO2/c1-2-7-16-9-11-4-3-5-13(15)14(11)18-12-6-8-17-10-12/h3-5,12,16H,2,6-10H2,1H3. The molecular formula is C14H20ClNO2. The molecule has 0 aromatic heterocycles. The maximum Gasteiger partial charge on any atom is 0.142 e. The SMILES string of the molecule is CCCNCc1cccc(Cl)c1OC1CCOC1. The molecule has 0 radical (unpaired) electrons. The molecule has 1 heterocycles. The summed E-state index contributed by atoms with van der Waals surface area (Å²) in [5.74, 6) is 0.804. The summed E-state index contributed by atoms with van der Waals surface area (Å²) in [6, 6.07) is 5.89. The third kappa shape index (κ3) is 3.61. The van der Waals surface area contributed by atoms with Crippen LogP contribution in [0, 0.1) is 0 Å². The molecule has 4 heteroatoms. The van der Waals surface area contributed by atoms with E-state index in [0.717, 1.165) is 43.9 Å². The first-order valence-electron chi connectivity index (χ1n) is 6.53. The summed E-state index contributed by atoms with van der Waals surface area (Å²) in [6.07, 6.45) is 2.19. The molecule has 1 aliphatic heterocycles. The highest BCUT2D eigenvalue weighted by atomic mass is 35.5. The highest BCUT2D eigenvalue weighted by Gasteiger charge is 2.20. The quantitative estimate of drug-likeness (QED) is 0.806. The predicted octanol–water partition coefficient (Wildman–Crippen LogP) is 3.01. The Labute approximate surface area is 113 Å². The topological polar surface area (TPSA) is 30.5 Å². The minimum atomic E-state index is 0.134. The Morgan fingerprint density at radius 3 is 3.11 bits per heavy atom. The molecule has 1 N–H and O–H groups in total. The van der Waals surface area contributed by atoms with Gasteiger partial charge < -0.3 is 14.8 Å². The third-order valence-electron chi connectivity index (χ3n) is 2.96. The second kappa shape index (κ2) is 6.98. The van der Waals surface area contributed by atoms with Crippen LogP contribution in [0.5, 0.6) is 5.75 Å². The fourth-order valence-electron chi connectivity index (χ4n) is 2.00. The number of hydrogen-bond acceptors (Lipinski definition) is 3. The van der Waals surface area contributed by atoms with Crippen molar-refractivity contribution in [3.8, 4) is 5.75 Å². The predicted molar refractivity (Wildman–Crippen MR) is 73.3 cm³/mol. The lowest BCUT2D eigenvalue weighted by molar-refractivity contribution is 0.140. The number of rotatable bonds is 6. The summed E-state index contributed by atoms with van der Waals surface area (Å²) in [6.45, 7) is 5.37. The van der Waals surface area contributed by atoms with Crippen LogP contribution in [0.1, 0.15) is 25.3 Å². The van der Waals surface area contributed by atoms with Gasteiger partial charge >= 0.3 is 0 Å². The molecule has 1 aromatic carbocycles. The van der Waals surface area contributed by atoms with Crippen LogP contribution in [0.3, 0.4) is 0 Å². The smallest absolute Gasteiger partial charge is 0.142 e. The van der Waals surface area contributed by atoms with Crippen LogP contribution in [0.15, 0.2) is 18.2 Å². The Morgan fingerprint density at radius 1 is 1.50 bits per heavy atom. The molecule has 100 valence electrons. The molecule has 1 aromatic rings. The zero-order valence-electron chi connectivity index (χ0n) is 10.7. The molecule has 1 atom stereocenters. The molecule has 1 aliphatic rings. The summed E-state index contributed by atoms with van der Waals surface area (Å²) in [7, 11) is 0. The average molecular weight is 270 g/mol. The van der Waals surface area contributed by atoms with Crippen LogP contribution in [0.25, 0.3) is 0 Å². The van der Waals surface area contributed by atoms with Gasteiger partial charge in [-0.15, -0.1) is 0 Å². The second-order valence-corrected chi connectivity index (χ2v) is 4.92. The molecule has 0 saturated carbocycles. The van der Waals surface area contributed by atoms with E-state index in [1.54, 1.807) is 0 Å². The molecule has 1 unspecified atom stereocenters. The van der Waals surface area contributed by atoms with Gasteiger partial charge in [0.25, 0.3) is 0 Å². The van der Waals surface area contributed by atoms with E-state index in [4.69, 9.17) is 21.1 Å². The van der Waals surface area contributed by atoms with Crippen molar-refractivity contribution in [1.82, 2.24) is 5.32 Å². The maximum absolute atomic E-state index is 6.23. The Balaban J connectivity index is 2.05. The minimum absolute atomic E-state index is 0.134. The Hall–Kier alpha value is -0.770. The average Bonchev–Trinajstić information content (AvgIpc) is 2.86. The molecule has 18 heavy (non-hydrogen) atoms. The summed E-state index contributed by atoms with van der Waals surface area (Å²) in [4.78, 5) is 0. The van der Waals surface area contributed by atoms with E-state index < -0.39 is 0 Å². The van der Waals surface area contributed by atoms with Crippen molar-refractivity contribution in [2.75, 3.05) is 19.8 Å². The zero-order chi connectivity index (χ0) is 12.8. The van der Waals surface area contributed by atoms with E-state index in [-0.39, 0.29) is 6.10 Å². The Kier molecular flexibility index (Phi) is 5.29. The third-order valence-corrected chi connectivity index (χ3v) is 3.26. The normalized spacial score (nSPS) is 19.1. The fraction of sp³-hybridized carbons (Fsp3) is 0.571. The van der Waals surface area contributed by atoms with Crippen molar-refractivity contribution in [2.24, 2.45) is 0 Å². The van der Waals surface area contributed by atoms with Gasteiger partial charge in [0.1, 0.15) is 11.9 Å². The molecule has 2 rings (SSSR count). The minimum Gasteiger partial charge on any atom is -0.486 e. The van der Waals surface area contributed by atoms with Gasteiger partial charge in [-0.05, 0) is 19.0 Å². The van der Waals surface area contributed by atoms with E-state index in [0.29, 0.717) is 11.6 Å². The van der Waals surface area contributed by atoms with E-state index in [1.165, 1.54) is 0 Å². The number of ether oxygens (including phenoxy) is 2. The number of benzene rings is 1. The summed E-state index contributed by atoms with van der Waals surface area (Å²) in [5, 5.41) is 4.05. The number of para-hydroxylation sites is 1. The first-order chi connectivity index (χ1) is 8.81. The highest BCUT2D eigenvalue weighted by Crippen LogP contribution is 2.30. The lowest BCUT2D eigenvalue weighted by Gasteiger charge is -2.17. The van der Waals surface area contributed by atoms with Crippen LogP contribution in [-0.4, -0.2) is 25.9 Å². The first-order valence-corrected chi connectivity index (χ1v) is 6.91. The van der Waals surface area contributed by atoms with Crippen LogP contribution in [-0.2, 0) is 11.3 Å². The van der Waals surface area contributed by atoms with Gasteiger partial charge in [-0.1, -0.05) is 30.7 Å². The lowest BCUT2D eigenvalue weighted by Crippen LogP contribution is -2.19. The van der Waals surface area contributed by atoms with Crippen molar-refractivity contribution in [3.05, 3.63) is 28.8 Å². The molecule has 0 bridgehead atoms. The van der Waals surface area contributed by atoms with Crippen LogP contribution in [0.4, 0.5) is 0 Å². The van der Waals surface area contributed by atoms with Crippen molar-refractivity contribution in [3.63, 3.8) is 0 Å². The van der Waals surface area contributed by atoms with Gasteiger partial charge in [-0.3, -0.25) is 0 Å². The largest absolute Gasteiger partial charge is 0.486 e. The molecule has 0 spiro atoms. The van der Waals surface area contributed by atoms with Crippen LogP contribution < -0.4 is 10.1 Å². The summed E-state index contributed by atoms with van der Waals surface area (Å²) < 4.78 is 11.3. The van der Waals surface area contributed by atoms with Gasteiger partial charge in [0, 0.05) is 18.5 Å². The molecule has 1 saturated heterocycles. The lowest BCUT2D eigenvalue weighted by atomic mass is 10.2. The number of halogens is 1. The van der Waals surface area contributed by atoms with Crippen molar-refractivity contribution < 1.29 is 9.47 Å². The number of nitrogens with one attached hydrogen (secondary N) is 1.